The number of benzene rings is 1. The van der Waals surface area contributed by atoms with E-state index in [1.54, 1.807) is 31.2 Å². The Morgan fingerprint density at radius 1 is 0.964 bits per heavy atom. The zero-order chi connectivity index (χ0) is 20.0. The highest BCUT2D eigenvalue weighted by molar-refractivity contribution is 6.33. The van der Waals surface area contributed by atoms with E-state index < -0.39 is 17.7 Å². The van der Waals surface area contributed by atoms with Crippen LogP contribution < -0.4 is 0 Å². The SMILES string of the molecule is CCOC(=O)c1c2c(c3cc(C(=O)OC)ccn13)C(=O)c1ccccc1C2=O. The van der Waals surface area contributed by atoms with E-state index in [9.17, 15) is 19.2 Å². The molecule has 0 N–H and O–H groups in total. The van der Waals surface area contributed by atoms with Crippen LogP contribution in [-0.2, 0) is 9.47 Å². The quantitative estimate of drug-likeness (QED) is 0.510. The molecule has 0 unspecified atom stereocenters. The van der Waals surface area contributed by atoms with Gasteiger partial charge in [0.15, 0.2) is 11.6 Å². The maximum Gasteiger partial charge on any atom is 0.356 e. The van der Waals surface area contributed by atoms with Gasteiger partial charge in [0.2, 0.25) is 0 Å². The summed E-state index contributed by atoms with van der Waals surface area (Å²) in [5, 5.41) is 0. The van der Waals surface area contributed by atoms with Crippen LogP contribution in [0.5, 0.6) is 0 Å². The summed E-state index contributed by atoms with van der Waals surface area (Å²) < 4.78 is 11.3. The summed E-state index contributed by atoms with van der Waals surface area (Å²) in [7, 11) is 1.25. The topological polar surface area (TPSA) is 91.2 Å². The monoisotopic (exact) mass is 377 g/mol. The highest BCUT2D eigenvalue weighted by Gasteiger charge is 2.38. The Labute approximate surface area is 159 Å². The summed E-state index contributed by atoms with van der Waals surface area (Å²) in [6.07, 6.45) is 1.46. The molecule has 3 aromatic rings. The van der Waals surface area contributed by atoms with Gasteiger partial charge in [0, 0.05) is 17.3 Å². The van der Waals surface area contributed by atoms with Crippen LogP contribution in [0.2, 0.25) is 0 Å². The molecule has 7 heteroatoms. The summed E-state index contributed by atoms with van der Waals surface area (Å²) in [4.78, 5) is 50.9. The Morgan fingerprint density at radius 2 is 1.61 bits per heavy atom. The summed E-state index contributed by atoms with van der Waals surface area (Å²) in [6, 6.07) is 9.33. The molecule has 28 heavy (non-hydrogen) atoms. The number of fused-ring (bicyclic) bond motifs is 4. The van der Waals surface area contributed by atoms with Gasteiger partial charge in [-0.1, -0.05) is 24.3 Å². The Balaban J connectivity index is 2.10. The Morgan fingerprint density at radius 3 is 2.21 bits per heavy atom. The molecule has 0 fully saturated rings. The molecule has 2 heterocycles. The first kappa shape index (κ1) is 17.7. The predicted octanol–water partition coefficient (Wildman–Crippen LogP) is 2.68. The van der Waals surface area contributed by atoms with Gasteiger partial charge in [0.25, 0.3) is 0 Å². The minimum Gasteiger partial charge on any atom is -0.465 e. The number of nitrogens with zero attached hydrogens (tertiary/aromatic N) is 1. The number of esters is 2. The third-order valence-electron chi connectivity index (χ3n) is 4.70. The van der Waals surface area contributed by atoms with Crippen molar-refractivity contribution >= 4 is 29.0 Å². The standard InChI is InChI=1S/C21H15NO6/c1-3-28-21(26)17-16-15(14-10-11(20(25)27-2)8-9-22(14)17)18(23)12-6-4-5-7-13(12)19(16)24/h4-10H,3H2,1-2H3. The summed E-state index contributed by atoms with van der Waals surface area (Å²) in [5.74, 6) is -2.13. The fourth-order valence-corrected chi connectivity index (χ4v) is 3.50. The zero-order valence-corrected chi connectivity index (χ0v) is 15.1. The molecular formula is C21H15NO6. The zero-order valence-electron chi connectivity index (χ0n) is 15.1. The van der Waals surface area contributed by atoms with Crippen LogP contribution in [0.3, 0.4) is 0 Å². The second-order valence-electron chi connectivity index (χ2n) is 6.19. The fraction of sp³-hybridized carbons (Fsp3) is 0.143. The number of aromatic nitrogens is 1. The van der Waals surface area contributed by atoms with Gasteiger partial charge in [-0.2, -0.15) is 0 Å². The van der Waals surface area contributed by atoms with E-state index >= 15 is 0 Å². The third kappa shape index (κ3) is 2.36. The van der Waals surface area contributed by atoms with Crippen LogP contribution in [-0.4, -0.2) is 41.6 Å². The molecule has 0 atom stereocenters. The van der Waals surface area contributed by atoms with Crippen molar-refractivity contribution in [2.45, 2.75) is 6.92 Å². The highest BCUT2D eigenvalue weighted by atomic mass is 16.5. The van der Waals surface area contributed by atoms with Crippen molar-refractivity contribution < 1.29 is 28.7 Å². The average Bonchev–Trinajstić information content (AvgIpc) is 3.06. The maximum atomic E-state index is 13.2. The Kier molecular flexibility index (Phi) is 4.07. The van der Waals surface area contributed by atoms with Crippen molar-refractivity contribution in [3.05, 3.63) is 76.1 Å². The van der Waals surface area contributed by atoms with Gasteiger partial charge in [-0.3, -0.25) is 9.59 Å². The number of hydrogen-bond donors (Lipinski definition) is 0. The van der Waals surface area contributed by atoms with E-state index in [4.69, 9.17) is 9.47 Å². The number of ketones is 2. The molecule has 0 bridgehead atoms. The molecule has 2 aromatic heterocycles. The molecule has 1 aliphatic rings. The molecule has 0 saturated carbocycles. The normalized spacial score (nSPS) is 12.5. The lowest BCUT2D eigenvalue weighted by Gasteiger charge is -2.15. The van der Waals surface area contributed by atoms with Gasteiger partial charge >= 0.3 is 11.9 Å². The van der Waals surface area contributed by atoms with Crippen LogP contribution >= 0.6 is 0 Å². The summed E-state index contributed by atoms with van der Waals surface area (Å²) in [6.45, 7) is 1.76. The molecule has 140 valence electrons. The number of carbonyl (C=O) groups is 4. The molecule has 1 aliphatic carbocycles. The summed E-state index contributed by atoms with van der Waals surface area (Å²) >= 11 is 0. The van der Waals surface area contributed by atoms with Crippen molar-refractivity contribution in [1.29, 1.82) is 0 Å². The lowest BCUT2D eigenvalue weighted by Crippen LogP contribution is -2.22. The van der Waals surface area contributed by atoms with Gasteiger partial charge < -0.3 is 13.9 Å². The van der Waals surface area contributed by atoms with E-state index in [1.165, 1.54) is 29.8 Å². The van der Waals surface area contributed by atoms with Gasteiger partial charge in [0.05, 0.1) is 35.9 Å². The van der Waals surface area contributed by atoms with Gasteiger partial charge in [-0.25, -0.2) is 9.59 Å². The average molecular weight is 377 g/mol. The predicted molar refractivity (Wildman–Crippen MR) is 98.0 cm³/mol. The number of rotatable bonds is 3. The molecule has 4 rings (SSSR count). The fourth-order valence-electron chi connectivity index (χ4n) is 3.50. The van der Waals surface area contributed by atoms with E-state index in [1.807, 2.05) is 0 Å². The number of carbonyl (C=O) groups excluding carboxylic acids is 4. The van der Waals surface area contributed by atoms with E-state index in [0.29, 0.717) is 0 Å². The molecule has 1 aromatic carbocycles. The number of methoxy groups -OCH3 is 1. The van der Waals surface area contributed by atoms with Gasteiger partial charge in [-0.15, -0.1) is 0 Å². The lowest BCUT2D eigenvalue weighted by atomic mass is 9.84. The Hall–Kier alpha value is -3.74. The second-order valence-corrected chi connectivity index (χ2v) is 6.19. The maximum absolute atomic E-state index is 13.2. The van der Waals surface area contributed by atoms with Crippen LogP contribution in [0.1, 0.15) is 59.6 Å². The first-order valence-electron chi connectivity index (χ1n) is 8.61. The molecule has 0 saturated heterocycles. The van der Waals surface area contributed by atoms with Crippen LogP contribution in [0.4, 0.5) is 0 Å². The number of ether oxygens (including phenoxy) is 2. The molecular weight excluding hydrogens is 362 g/mol. The lowest BCUT2D eigenvalue weighted by molar-refractivity contribution is 0.0515. The van der Waals surface area contributed by atoms with Crippen molar-refractivity contribution in [2.75, 3.05) is 13.7 Å². The third-order valence-corrected chi connectivity index (χ3v) is 4.70. The second kappa shape index (κ2) is 6.45. The molecule has 0 aliphatic heterocycles. The Bertz CT molecular complexity index is 1190. The van der Waals surface area contributed by atoms with Crippen molar-refractivity contribution in [3.8, 4) is 0 Å². The minimum atomic E-state index is -0.718. The van der Waals surface area contributed by atoms with Crippen LogP contribution in [0, 0.1) is 0 Å². The highest BCUT2D eigenvalue weighted by Crippen LogP contribution is 2.35. The van der Waals surface area contributed by atoms with E-state index in [-0.39, 0.29) is 51.4 Å². The summed E-state index contributed by atoms with van der Waals surface area (Å²) in [5.41, 5.74) is 0.998. The minimum absolute atomic E-state index is 0.0100. The van der Waals surface area contributed by atoms with Gasteiger partial charge in [-0.05, 0) is 19.1 Å². The van der Waals surface area contributed by atoms with E-state index in [0.717, 1.165) is 0 Å². The van der Waals surface area contributed by atoms with Crippen LogP contribution in [0.15, 0.2) is 42.6 Å². The van der Waals surface area contributed by atoms with E-state index in [2.05, 4.69) is 0 Å². The van der Waals surface area contributed by atoms with Crippen molar-refractivity contribution in [1.82, 2.24) is 4.40 Å². The smallest absolute Gasteiger partial charge is 0.356 e. The van der Waals surface area contributed by atoms with Crippen molar-refractivity contribution in [2.24, 2.45) is 0 Å². The van der Waals surface area contributed by atoms with Gasteiger partial charge in [0.1, 0.15) is 5.69 Å². The molecule has 0 spiro atoms. The number of pyridine rings is 1. The van der Waals surface area contributed by atoms with Crippen LogP contribution in [0.25, 0.3) is 5.52 Å². The molecule has 7 nitrogen and oxygen atoms in total. The first-order chi connectivity index (χ1) is 13.5. The first-order valence-corrected chi connectivity index (χ1v) is 8.61. The molecule has 0 radical (unpaired) electrons. The molecule has 0 amide bonds. The van der Waals surface area contributed by atoms with Crippen molar-refractivity contribution in [3.63, 3.8) is 0 Å². The largest absolute Gasteiger partial charge is 0.465 e. The number of hydrogen-bond acceptors (Lipinski definition) is 6.